The maximum Gasteiger partial charge on any atom is -0.00188 e. The average Bonchev–Trinajstić information content (AvgIpc) is 2.17. The molecule has 112 valence electrons. The highest BCUT2D eigenvalue weighted by molar-refractivity contribution is 4.57. The first-order valence-electron chi connectivity index (χ1n) is 6.07. The average molecular weight is 253 g/mol. The first kappa shape index (κ1) is 30.1. The summed E-state index contributed by atoms with van der Waals surface area (Å²) < 4.78 is 0. The van der Waals surface area contributed by atoms with Gasteiger partial charge in [-0.2, -0.15) is 0 Å². The van der Waals surface area contributed by atoms with Crippen LogP contribution >= 0.6 is 0 Å². The molecule has 0 radical (unpaired) electrons. The summed E-state index contributed by atoms with van der Waals surface area (Å²) in [7, 11) is 0. The minimum absolute atomic E-state index is 0. The normalized spacial score (nSPS) is 8.47. The van der Waals surface area contributed by atoms with Gasteiger partial charge in [0.05, 0.1) is 0 Å². The molecule has 0 spiro atoms. The number of unbranched alkanes of at least 4 members (excludes halogenated alkanes) is 3. The van der Waals surface area contributed by atoms with Crippen molar-refractivity contribution in [2.24, 2.45) is 0 Å². The van der Waals surface area contributed by atoms with Crippen molar-refractivity contribution in [3.05, 3.63) is 0 Å². The predicted octanol–water partition coefficient (Wildman–Crippen LogP) is 4.34. The van der Waals surface area contributed by atoms with Gasteiger partial charge in [-0.15, -0.1) is 0 Å². The van der Waals surface area contributed by atoms with Crippen LogP contribution < -0.4 is 24.6 Å². The summed E-state index contributed by atoms with van der Waals surface area (Å²) in [6, 6.07) is 0. The van der Waals surface area contributed by atoms with E-state index < -0.39 is 0 Å². The molecule has 0 atom stereocenters. The molecule has 5 nitrogen and oxygen atoms in total. The molecule has 0 aromatic carbocycles. The molecule has 12 N–H and O–H groups in total. The van der Waals surface area contributed by atoms with Crippen molar-refractivity contribution < 1.29 is 0 Å². The maximum atomic E-state index is 2.64. The highest BCUT2D eigenvalue weighted by Crippen LogP contribution is 2.01. The highest BCUT2D eigenvalue weighted by atomic mass is 15.1. The van der Waals surface area contributed by atoms with Crippen molar-refractivity contribution in [3.63, 3.8) is 0 Å². The Balaban J connectivity index is -0.000000120. The lowest BCUT2D eigenvalue weighted by molar-refractivity contribution is 0.261. The van der Waals surface area contributed by atoms with E-state index in [2.05, 4.69) is 25.7 Å². The molecule has 0 saturated carbocycles. The summed E-state index contributed by atoms with van der Waals surface area (Å²) in [4.78, 5) is 2.64. The largest absolute Gasteiger partial charge is 0.344 e. The van der Waals surface area contributed by atoms with Crippen molar-refractivity contribution in [3.8, 4) is 0 Å². The van der Waals surface area contributed by atoms with Gasteiger partial charge in [0, 0.05) is 0 Å². The zero-order valence-corrected chi connectivity index (χ0v) is 12.6. The van der Waals surface area contributed by atoms with Gasteiger partial charge >= 0.3 is 0 Å². The molecule has 0 unspecified atom stereocenters. The molecular weight excluding hydrogens is 214 g/mol. The Morgan fingerprint density at radius 2 is 0.765 bits per heavy atom. The van der Waals surface area contributed by atoms with Crippen LogP contribution in [-0.4, -0.2) is 24.5 Å². The zero-order chi connectivity index (χ0) is 9.94. The summed E-state index contributed by atoms with van der Waals surface area (Å²) in [5.41, 5.74) is 0. The second kappa shape index (κ2) is 24.9. The lowest BCUT2D eigenvalue weighted by atomic mass is 10.2. The van der Waals surface area contributed by atoms with Crippen molar-refractivity contribution in [1.29, 1.82) is 0 Å². The van der Waals surface area contributed by atoms with E-state index in [-0.39, 0.29) is 24.6 Å². The number of rotatable bonds is 9. The van der Waals surface area contributed by atoms with Gasteiger partial charge < -0.3 is 29.5 Å². The molecule has 0 saturated heterocycles. The Morgan fingerprint density at radius 3 is 0.941 bits per heavy atom. The minimum atomic E-state index is 0. The van der Waals surface area contributed by atoms with E-state index in [0.29, 0.717) is 0 Å². The van der Waals surface area contributed by atoms with Crippen LogP contribution in [0.5, 0.6) is 0 Å². The van der Waals surface area contributed by atoms with Crippen LogP contribution in [0.1, 0.15) is 59.3 Å². The van der Waals surface area contributed by atoms with Crippen LogP contribution in [0.15, 0.2) is 0 Å². The third-order valence-corrected chi connectivity index (χ3v) is 2.48. The first-order chi connectivity index (χ1) is 6.35. The lowest BCUT2D eigenvalue weighted by Crippen LogP contribution is -2.27. The van der Waals surface area contributed by atoms with E-state index in [1.54, 1.807) is 0 Å². The maximum absolute atomic E-state index is 2.64. The standard InChI is InChI=1S/C12H27N.4H3N/c1-4-7-10-13(11-8-5-2)12-9-6-3;;;;/h4-12H2,1-3H3;4*1H3. The summed E-state index contributed by atoms with van der Waals surface area (Å²) in [5, 5.41) is 0. The third kappa shape index (κ3) is 21.6. The van der Waals surface area contributed by atoms with E-state index in [1.165, 1.54) is 58.2 Å². The minimum Gasteiger partial charge on any atom is -0.344 e. The van der Waals surface area contributed by atoms with E-state index in [4.69, 9.17) is 0 Å². The fraction of sp³-hybridized carbons (Fsp3) is 1.00. The molecule has 0 bridgehead atoms. The summed E-state index contributed by atoms with van der Waals surface area (Å²) in [6.07, 6.45) is 8.09. The summed E-state index contributed by atoms with van der Waals surface area (Å²) in [6.45, 7) is 10.8. The van der Waals surface area contributed by atoms with Gasteiger partial charge in [0.15, 0.2) is 0 Å². The summed E-state index contributed by atoms with van der Waals surface area (Å²) in [5.74, 6) is 0. The van der Waals surface area contributed by atoms with Gasteiger partial charge in [-0.1, -0.05) is 40.0 Å². The fourth-order valence-electron chi connectivity index (χ4n) is 1.48. The van der Waals surface area contributed by atoms with Crippen molar-refractivity contribution >= 4 is 0 Å². The number of nitrogens with zero attached hydrogens (tertiary/aromatic N) is 1. The van der Waals surface area contributed by atoms with Gasteiger partial charge in [0.25, 0.3) is 0 Å². The van der Waals surface area contributed by atoms with Gasteiger partial charge in [0.2, 0.25) is 0 Å². The van der Waals surface area contributed by atoms with Gasteiger partial charge in [-0.05, 0) is 38.9 Å². The molecule has 0 aliphatic rings. The Labute approximate surface area is 109 Å². The van der Waals surface area contributed by atoms with Gasteiger partial charge in [0.1, 0.15) is 0 Å². The molecule has 0 rings (SSSR count). The Hall–Kier alpha value is -0.200. The lowest BCUT2D eigenvalue weighted by Gasteiger charge is -2.21. The molecule has 0 amide bonds. The Morgan fingerprint density at radius 1 is 0.529 bits per heavy atom. The number of hydrogen-bond acceptors (Lipinski definition) is 5. The second-order valence-electron chi connectivity index (χ2n) is 3.90. The van der Waals surface area contributed by atoms with Crippen molar-refractivity contribution in [1.82, 2.24) is 29.5 Å². The molecule has 0 fully saturated rings. The third-order valence-electron chi connectivity index (χ3n) is 2.48. The SMILES string of the molecule is CCCCN(CCCC)CCCC.N.N.N.N. The Bertz CT molecular complexity index is 81.9. The van der Waals surface area contributed by atoms with E-state index in [0.717, 1.165) is 0 Å². The van der Waals surface area contributed by atoms with E-state index >= 15 is 0 Å². The topological polar surface area (TPSA) is 143 Å². The van der Waals surface area contributed by atoms with Gasteiger partial charge in [-0.3, -0.25) is 0 Å². The first-order valence-corrected chi connectivity index (χ1v) is 6.07. The zero-order valence-electron chi connectivity index (χ0n) is 12.6. The molecular formula is C12H39N5. The highest BCUT2D eigenvalue weighted by Gasteiger charge is 2.01. The van der Waals surface area contributed by atoms with Crippen molar-refractivity contribution in [2.75, 3.05) is 19.6 Å². The molecule has 0 aliphatic carbocycles. The quantitative estimate of drug-likeness (QED) is 0.483. The molecule has 17 heavy (non-hydrogen) atoms. The van der Waals surface area contributed by atoms with Crippen LogP contribution in [0.25, 0.3) is 0 Å². The van der Waals surface area contributed by atoms with E-state index in [9.17, 15) is 0 Å². The molecule has 0 heterocycles. The second-order valence-corrected chi connectivity index (χ2v) is 3.90. The van der Waals surface area contributed by atoms with Crippen LogP contribution in [0, 0.1) is 0 Å². The molecule has 5 heteroatoms. The monoisotopic (exact) mass is 253 g/mol. The van der Waals surface area contributed by atoms with Crippen molar-refractivity contribution in [2.45, 2.75) is 59.3 Å². The van der Waals surface area contributed by atoms with Crippen LogP contribution in [0.3, 0.4) is 0 Å². The predicted molar refractivity (Wildman–Crippen MR) is 81.3 cm³/mol. The molecule has 0 aromatic rings. The summed E-state index contributed by atoms with van der Waals surface area (Å²) >= 11 is 0. The molecule has 0 aromatic heterocycles. The van der Waals surface area contributed by atoms with Gasteiger partial charge in [-0.25, -0.2) is 0 Å². The van der Waals surface area contributed by atoms with E-state index in [1.807, 2.05) is 0 Å². The number of hydrogen-bond donors (Lipinski definition) is 4. The smallest absolute Gasteiger partial charge is 0.00188 e. The van der Waals surface area contributed by atoms with Crippen LogP contribution in [0.4, 0.5) is 0 Å². The van der Waals surface area contributed by atoms with Crippen LogP contribution in [-0.2, 0) is 0 Å². The molecule has 0 aliphatic heterocycles. The Kier molecular flexibility index (Phi) is 44.0. The fourth-order valence-corrected chi connectivity index (χ4v) is 1.48. The van der Waals surface area contributed by atoms with Crippen LogP contribution in [0.2, 0.25) is 0 Å².